The van der Waals surface area contributed by atoms with Crippen LogP contribution in [-0.4, -0.2) is 66.8 Å². The van der Waals surface area contributed by atoms with Crippen molar-refractivity contribution in [3.63, 3.8) is 0 Å². The molecule has 0 saturated carbocycles. The van der Waals surface area contributed by atoms with Gasteiger partial charge in [0.1, 0.15) is 0 Å². The second-order valence-electron chi connectivity index (χ2n) is 6.58. The number of urea groups is 1. The molecule has 9 heteroatoms. The minimum absolute atomic E-state index is 0.0682. The van der Waals surface area contributed by atoms with E-state index in [9.17, 15) is 14.4 Å². The number of nitrogens with zero attached hydrogens (tertiary/aromatic N) is 2. The number of carboxylic acids is 1. The molecule has 0 bridgehead atoms. The smallest absolute Gasteiger partial charge is 0.321 e. The lowest BCUT2D eigenvalue weighted by molar-refractivity contribution is -0.137. The quantitative estimate of drug-likeness (QED) is 0.735. The predicted octanol–water partition coefficient (Wildman–Crippen LogP) is 1.97. The first kappa shape index (κ1) is 19.4. The van der Waals surface area contributed by atoms with Gasteiger partial charge in [0.15, 0.2) is 0 Å². The fraction of sp³-hybridized carbons (Fsp3) is 0.500. The van der Waals surface area contributed by atoms with Gasteiger partial charge in [0.25, 0.3) is 5.91 Å². The van der Waals surface area contributed by atoms with Crippen LogP contribution in [0.25, 0.3) is 0 Å². The van der Waals surface area contributed by atoms with Crippen molar-refractivity contribution in [3.05, 3.63) is 28.8 Å². The Morgan fingerprint density at radius 2 is 2.22 bits per heavy atom. The summed E-state index contributed by atoms with van der Waals surface area (Å²) < 4.78 is 5.59. The van der Waals surface area contributed by atoms with Gasteiger partial charge >= 0.3 is 12.0 Å². The maximum Gasteiger partial charge on any atom is 0.321 e. The summed E-state index contributed by atoms with van der Waals surface area (Å²) in [5.41, 5.74) is 0.824. The Labute approximate surface area is 162 Å². The summed E-state index contributed by atoms with van der Waals surface area (Å²) in [6.45, 7) is 2.07. The van der Waals surface area contributed by atoms with Crippen molar-refractivity contribution >= 4 is 35.2 Å². The summed E-state index contributed by atoms with van der Waals surface area (Å²) in [5.74, 6) is -1.34. The Morgan fingerprint density at radius 3 is 2.85 bits per heavy atom. The van der Waals surface area contributed by atoms with Crippen LogP contribution in [-0.2, 0) is 9.53 Å². The van der Waals surface area contributed by atoms with Crippen LogP contribution in [0.5, 0.6) is 0 Å². The molecule has 3 amide bonds. The van der Waals surface area contributed by atoms with Gasteiger partial charge in [-0.1, -0.05) is 11.6 Å². The second kappa shape index (κ2) is 8.58. The van der Waals surface area contributed by atoms with Crippen molar-refractivity contribution in [1.29, 1.82) is 0 Å². The molecule has 2 N–H and O–H groups in total. The van der Waals surface area contributed by atoms with Crippen molar-refractivity contribution in [1.82, 2.24) is 10.2 Å². The van der Waals surface area contributed by atoms with Gasteiger partial charge in [-0.25, -0.2) is 4.79 Å². The minimum atomic E-state index is -0.978. The van der Waals surface area contributed by atoms with Gasteiger partial charge in [-0.15, -0.1) is 0 Å². The number of carboxylic acid groups (broad SMARTS) is 1. The van der Waals surface area contributed by atoms with Crippen LogP contribution in [0.4, 0.5) is 10.5 Å². The number of carbonyl (C=O) groups is 3. The van der Waals surface area contributed by atoms with Crippen LogP contribution in [0.3, 0.4) is 0 Å². The molecule has 2 saturated heterocycles. The fourth-order valence-corrected chi connectivity index (χ4v) is 3.47. The highest BCUT2D eigenvalue weighted by Crippen LogP contribution is 2.26. The lowest BCUT2D eigenvalue weighted by atomic mass is 10.1. The molecule has 146 valence electrons. The first-order chi connectivity index (χ1) is 13.0. The van der Waals surface area contributed by atoms with Gasteiger partial charge in [-0.05, 0) is 31.0 Å². The highest BCUT2D eigenvalue weighted by Gasteiger charge is 2.27. The molecular formula is C18H22ClN3O5. The standard InChI is InChI=1S/C18H22ClN3O5/c19-15-4-3-12(22-8-6-20-18(22)26)10-14(15)17(25)21(7-5-16(23)24)11-13-2-1-9-27-13/h3-4,10,13H,1-2,5-9,11H2,(H,20,26)(H,23,24)/t13-/m1/s1. The molecule has 0 aromatic heterocycles. The summed E-state index contributed by atoms with van der Waals surface area (Å²) >= 11 is 6.24. The molecular weight excluding hydrogens is 374 g/mol. The molecule has 27 heavy (non-hydrogen) atoms. The van der Waals surface area contributed by atoms with E-state index >= 15 is 0 Å². The number of aliphatic carboxylic acids is 1. The zero-order valence-electron chi connectivity index (χ0n) is 14.8. The summed E-state index contributed by atoms with van der Waals surface area (Å²) in [6.07, 6.45) is 1.49. The number of hydrogen-bond acceptors (Lipinski definition) is 4. The molecule has 1 atom stereocenters. The highest BCUT2D eigenvalue weighted by molar-refractivity contribution is 6.34. The summed E-state index contributed by atoms with van der Waals surface area (Å²) in [4.78, 5) is 39.0. The van der Waals surface area contributed by atoms with Crippen molar-refractivity contribution in [2.45, 2.75) is 25.4 Å². The van der Waals surface area contributed by atoms with Crippen LogP contribution in [0.15, 0.2) is 18.2 Å². The van der Waals surface area contributed by atoms with Gasteiger partial charge in [0.2, 0.25) is 0 Å². The number of nitrogens with one attached hydrogen (secondary N) is 1. The maximum atomic E-state index is 13.1. The van der Waals surface area contributed by atoms with Gasteiger partial charge in [0.05, 0.1) is 23.1 Å². The summed E-state index contributed by atoms with van der Waals surface area (Å²) in [7, 11) is 0. The lowest BCUT2D eigenvalue weighted by Crippen LogP contribution is -2.39. The third-order valence-electron chi connectivity index (χ3n) is 4.68. The van der Waals surface area contributed by atoms with E-state index in [1.807, 2.05) is 0 Å². The zero-order chi connectivity index (χ0) is 19.4. The Hall–Kier alpha value is -2.32. The van der Waals surface area contributed by atoms with E-state index in [0.717, 1.165) is 12.8 Å². The number of rotatable bonds is 7. The molecule has 3 rings (SSSR count). The minimum Gasteiger partial charge on any atom is -0.481 e. The molecule has 2 aliphatic rings. The van der Waals surface area contributed by atoms with Gasteiger partial charge in [0, 0.05) is 38.5 Å². The Morgan fingerprint density at radius 1 is 1.41 bits per heavy atom. The Kier molecular flexibility index (Phi) is 6.18. The molecule has 0 aliphatic carbocycles. The molecule has 0 unspecified atom stereocenters. The zero-order valence-corrected chi connectivity index (χ0v) is 15.6. The van der Waals surface area contributed by atoms with Gasteiger partial charge < -0.3 is 20.1 Å². The lowest BCUT2D eigenvalue weighted by Gasteiger charge is -2.26. The van der Waals surface area contributed by atoms with Gasteiger partial charge in [-0.3, -0.25) is 14.5 Å². The maximum absolute atomic E-state index is 13.1. The van der Waals surface area contributed by atoms with Crippen LogP contribution in [0.2, 0.25) is 5.02 Å². The van der Waals surface area contributed by atoms with Crippen LogP contribution in [0.1, 0.15) is 29.6 Å². The van der Waals surface area contributed by atoms with E-state index in [-0.39, 0.29) is 41.6 Å². The average Bonchev–Trinajstić information content (AvgIpc) is 3.30. The number of benzene rings is 1. The molecule has 2 heterocycles. The topological polar surface area (TPSA) is 99.2 Å². The van der Waals surface area contributed by atoms with Crippen molar-refractivity contribution in [2.24, 2.45) is 0 Å². The summed E-state index contributed by atoms with van der Waals surface area (Å²) in [5, 5.41) is 12.0. The SMILES string of the molecule is O=C(O)CCN(C[C@H]1CCCO1)C(=O)c1cc(N2CCNC2=O)ccc1Cl. The first-order valence-corrected chi connectivity index (χ1v) is 9.31. The number of hydrogen-bond donors (Lipinski definition) is 2. The fourth-order valence-electron chi connectivity index (χ4n) is 3.27. The number of amides is 3. The normalized spacial score (nSPS) is 19.2. The van der Waals surface area contributed by atoms with Crippen LogP contribution >= 0.6 is 11.6 Å². The number of carbonyl (C=O) groups excluding carboxylic acids is 2. The van der Waals surface area contributed by atoms with E-state index in [2.05, 4.69) is 5.32 Å². The predicted molar refractivity (Wildman–Crippen MR) is 99.3 cm³/mol. The van der Waals surface area contributed by atoms with Crippen molar-refractivity contribution < 1.29 is 24.2 Å². The van der Waals surface area contributed by atoms with E-state index in [4.69, 9.17) is 21.4 Å². The molecule has 1 aromatic rings. The van der Waals surface area contributed by atoms with E-state index in [0.29, 0.717) is 31.9 Å². The Balaban J connectivity index is 1.82. The summed E-state index contributed by atoms with van der Waals surface area (Å²) in [6, 6.07) is 4.62. The molecule has 0 radical (unpaired) electrons. The average molecular weight is 396 g/mol. The monoisotopic (exact) mass is 395 g/mol. The molecule has 2 fully saturated rings. The number of ether oxygens (including phenoxy) is 1. The molecule has 2 aliphatic heterocycles. The third-order valence-corrected chi connectivity index (χ3v) is 5.01. The van der Waals surface area contributed by atoms with E-state index < -0.39 is 5.97 Å². The Bertz CT molecular complexity index is 736. The van der Waals surface area contributed by atoms with Gasteiger partial charge in [-0.2, -0.15) is 0 Å². The van der Waals surface area contributed by atoms with Crippen molar-refractivity contribution in [2.75, 3.05) is 37.7 Å². The van der Waals surface area contributed by atoms with Crippen LogP contribution < -0.4 is 10.2 Å². The number of anilines is 1. The largest absolute Gasteiger partial charge is 0.481 e. The highest BCUT2D eigenvalue weighted by atomic mass is 35.5. The number of halogens is 1. The third kappa shape index (κ3) is 4.70. The van der Waals surface area contributed by atoms with Crippen LogP contribution in [0, 0.1) is 0 Å². The molecule has 1 aromatic carbocycles. The molecule has 0 spiro atoms. The van der Waals surface area contributed by atoms with Crippen molar-refractivity contribution in [3.8, 4) is 0 Å². The molecule has 8 nitrogen and oxygen atoms in total. The van der Waals surface area contributed by atoms with E-state index in [1.54, 1.807) is 18.2 Å². The van der Waals surface area contributed by atoms with E-state index in [1.165, 1.54) is 9.80 Å². The first-order valence-electron chi connectivity index (χ1n) is 8.93. The second-order valence-corrected chi connectivity index (χ2v) is 6.98.